The Morgan fingerprint density at radius 2 is 1.30 bits per heavy atom. The molecule has 0 saturated heterocycles. The van der Waals surface area contributed by atoms with Gasteiger partial charge in [0.05, 0.1) is 0 Å². The van der Waals surface area contributed by atoms with Crippen LogP contribution in [0.2, 0.25) is 0 Å². The predicted octanol–water partition coefficient (Wildman–Crippen LogP) is 4.69. The van der Waals surface area contributed by atoms with Gasteiger partial charge in [-0.1, -0.05) is 86.5 Å². The number of nitrogens with zero attached hydrogens (tertiary/aromatic N) is 1. The van der Waals surface area contributed by atoms with Crippen LogP contribution in [0.3, 0.4) is 0 Å². The summed E-state index contributed by atoms with van der Waals surface area (Å²) < 4.78 is 5.86. The second kappa shape index (κ2) is 19.7. The summed E-state index contributed by atoms with van der Waals surface area (Å²) in [7, 11) is 0. The summed E-state index contributed by atoms with van der Waals surface area (Å²) in [6.07, 6.45) is 3.75. The molecule has 1 heterocycles. The summed E-state index contributed by atoms with van der Waals surface area (Å²) in [5.41, 5.74) is 5.81. The van der Waals surface area contributed by atoms with E-state index in [4.69, 9.17) is 4.74 Å². The summed E-state index contributed by atoms with van der Waals surface area (Å²) >= 11 is 0. The Morgan fingerprint density at radius 3 is 1.91 bits per heavy atom. The molecule has 0 radical (unpaired) electrons. The van der Waals surface area contributed by atoms with Crippen molar-refractivity contribution in [2.24, 2.45) is 5.92 Å². The van der Waals surface area contributed by atoms with E-state index in [-0.39, 0.29) is 56.1 Å². The minimum absolute atomic E-state index is 0.0273. The molecular formula is C44H51N5O8. The molecule has 3 aromatic rings. The Labute approximate surface area is 333 Å². The Balaban J connectivity index is 1.18. The van der Waals surface area contributed by atoms with E-state index < -0.39 is 47.7 Å². The van der Waals surface area contributed by atoms with Gasteiger partial charge in [0.15, 0.2) is 0 Å². The Kier molecular flexibility index (Phi) is 14.5. The number of hydrogen-bond donors (Lipinski definition) is 4. The number of carbonyl (C=O) groups is 7. The maximum Gasteiger partial charge on any atom is 0.328 e. The summed E-state index contributed by atoms with van der Waals surface area (Å²) in [4.78, 5) is 91.0. The fraction of sp³-hybridized carbons (Fsp3) is 0.386. The molecule has 5 rings (SSSR count). The maximum absolute atomic E-state index is 13.7. The highest BCUT2D eigenvalue weighted by Gasteiger charge is 2.32. The minimum Gasteiger partial charge on any atom is -0.463 e. The number of carbonyl (C=O) groups excluding carboxylic acids is 7. The summed E-state index contributed by atoms with van der Waals surface area (Å²) in [5, 5.41) is 10.9. The van der Waals surface area contributed by atoms with Crippen LogP contribution in [0, 0.1) is 12.8 Å². The zero-order valence-corrected chi connectivity index (χ0v) is 32.8. The minimum atomic E-state index is -1.15. The lowest BCUT2D eigenvalue weighted by molar-refractivity contribution is -0.148. The van der Waals surface area contributed by atoms with E-state index in [1.54, 1.807) is 32.9 Å². The van der Waals surface area contributed by atoms with Gasteiger partial charge in [0.25, 0.3) is 11.8 Å². The molecule has 0 aromatic heterocycles. The molecule has 0 bridgehead atoms. The third kappa shape index (κ3) is 11.2. The van der Waals surface area contributed by atoms with Crippen LogP contribution in [0.1, 0.15) is 81.9 Å². The molecule has 3 aromatic carbocycles. The lowest BCUT2D eigenvalue weighted by Gasteiger charge is -2.24. The molecule has 4 N–H and O–H groups in total. The van der Waals surface area contributed by atoms with E-state index in [0.29, 0.717) is 24.9 Å². The topological polar surface area (TPSA) is 180 Å². The molecule has 13 heteroatoms. The third-order valence-corrected chi connectivity index (χ3v) is 10.2. The molecule has 300 valence electrons. The number of imide groups is 1. The first-order valence-corrected chi connectivity index (χ1v) is 19.5. The van der Waals surface area contributed by atoms with E-state index in [9.17, 15) is 33.6 Å². The van der Waals surface area contributed by atoms with Crippen LogP contribution in [-0.4, -0.2) is 77.6 Å². The molecular weight excluding hydrogens is 727 g/mol. The molecule has 0 fully saturated rings. The monoisotopic (exact) mass is 777 g/mol. The Bertz CT molecular complexity index is 1950. The molecule has 1 aliphatic carbocycles. The highest BCUT2D eigenvalue weighted by Crippen LogP contribution is 2.44. The number of nitrogens with one attached hydrogen (secondary N) is 4. The molecule has 0 saturated carbocycles. The second-order valence-corrected chi connectivity index (χ2v) is 14.9. The van der Waals surface area contributed by atoms with Crippen LogP contribution < -0.4 is 21.3 Å². The number of benzene rings is 3. The van der Waals surface area contributed by atoms with Crippen molar-refractivity contribution in [3.63, 3.8) is 0 Å². The summed E-state index contributed by atoms with van der Waals surface area (Å²) in [6.45, 7) is 7.29. The smallest absolute Gasteiger partial charge is 0.328 e. The molecule has 57 heavy (non-hydrogen) atoms. The van der Waals surface area contributed by atoms with Crippen molar-refractivity contribution in [2.45, 2.75) is 90.3 Å². The van der Waals surface area contributed by atoms with Gasteiger partial charge in [0.2, 0.25) is 23.6 Å². The van der Waals surface area contributed by atoms with Crippen LogP contribution in [-0.2, 0) is 38.3 Å². The number of amides is 6. The van der Waals surface area contributed by atoms with Crippen LogP contribution in [0.4, 0.5) is 5.69 Å². The van der Waals surface area contributed by atoms with Gasteiger partial charge < -0.3 is 26.0 Å². The zero-order chi connectivity index (χ0) is 41.1. The van der Waals surface area contributed by atoms with Crippen molar-refractivity contribution in [3.05, 3.63) is 102 Å². The highest BCUT2D eigenvalue weighted by molar-refractivity contribution is 6.12. The molecule has 6 amide bonds. The lowest BCUT2D eigenvalue weighted by atomic mass is 9.98. The first-order chi connectivity index (χ1) is 27.3. The van der Waals surface area contributed by atoms with Crippen LogP contribution in [0.25, 0.3) is 11.1 Å². The van der Waals surface area contributed by atoms with Crippen molar-refractivity contribution in [1.82, 2.24) is 20.9 Å². The highest BCUT2D eigenvalue weighted by atomic mass is 16.5. The van der Waals surface area contributed by atoms with Gasteiger partial charge >= 0.3 is 5.97 Å². The largest absolute Gasteiger partial charge is 0.463 e. The SMILES string of the molecule is Cc1ccc(NC(=O)[C@H](C)NC(=O)[C@@H](NC(=O)CC[C@H](NC(=O)CCCCCN2C(=O)C=CC2=O)C(=O)OCC2c3ccccc3-c3ccccc32)C(C)C)cc1. The van der Waals surface area contributed by atoms with E-state index in [0.717, 1.165) is 32.7 Å². The quantitative estimate of drug-likeness (QED) is 0.0770. The average Bonchev–Trinajstić information content (AvgIpc) is 3.69. The van der Waals surface area contributed by atoms with Crippen LogP contribution >= 0.6 is 0 Å². The van der Waals surface area contributed by atoms with E-state index in [1.165, 1.54) is 12.2 Å². The number of anilines is 1. The van der Waals surface area contributed by atoms with Crippen molar-refractivity contribution < 1.29 is 38.3 Å². The average molecular weight is 778 g/mol. The van der Waals surface area contributed by atoms with Crippen molar-refractivity contribution in [3.8, 4) is 11.1 Å². The molecule has 1 aliphatic heterocycles. The van der Waals surface area contributed by atoms with Gasteiger partial charge in [0.1, 0.15) is 24.7 Å². The third-order valence-electron chi connectivity index (χ3n) is 10.2. The Morgan fingerprint density at radius 1 is 0.702 bits per heavy atom. The van der Waals surface area contributed by atoms with Crippen molar-refractivity contribution in [2.75, 3.05) is 18.5 Å². The normalized spacial score (nSPS) is 14.7. The van der Waals surface area contributed by atoms with Crippen LogP contribution in [0.15, 0.2) is 84.9 Å². The fourth-order valence-corrected chi connectivity index (χ4v) is 6.92. The number of esters is 1. The first kappa shape index (κ1) is 42.0. The molecule has 0 spiro atoms. The van der Waals surface area contributed by atoms with Crippen molar-refractivity contribution in [1.29, 1.82) is 0 Å². The van der Waals surface area contributed by atoms with Gasteiger partial charge in [-0.2, -0.15) is 0 Å². The first-order valence-electron chi connectivity index (χ1n) is 19.5. The van der Waals surface area contributed by atoms with Gasteiger partial charge in [-0.3, -0.25) is 33.7 Å². The van der Waals surface area contributed by atoms with Crippen LogP contribution in [0.5, 0.6) is 0 Å². The number of ether oxygens (including phenoxy) is 1. The standard InChI is InChI=1S/C44H51N5O8/c1-27(2)41(43(55)45-29(4)42(54)46-30-19-17-28(3)18-20-30)48-38(51)22-21-36(47-37(50)16-6-5-11-25-49-39(52)23-24-40(49)53)44(56)57-26-35-33-14-9-7-12-31(33)32-13-8-10-15-34(32)35/h7-10,12-15,17-20,23-24,27,29,35-36,41H,5-6,11,16,21-22,25-26H2,1-4H3,(H,45,55)(H,46,54)(H,47,50)(H,48,51)/t29-,36-,41-/m0/s1. The van der Waals surface area contributed by atoms with Gasteiger partial charge in [-0.05, 0) is 73.4 Å². The predicted molar refractivity (Wildman–Crippen MR) is 214 cm³/mol. The van der Waals surface area contributed by atoms with Gasteiger partial charge in [-0.25, -0.2) is 4.79 Å². The summed E-state index contributed by atoms with van der Waals surface area (Å²) in [6, 6.07) is 20.1. The molecule has 13 nitrogen and oxygen atoms in total. The number of aryl methyl sites for hydroxylation is 1. The fourth-order valence-electron chi connectivity index (χ4n) is 6.92. The zero-order valence-electron chi connectivity index (χ0n) is 32.8. The molecule has 3 atom stereocenters. The van der Waals surface area contributed by atoms with Crippen molar-refractivity contribution >= 4 is 47.1 Å². The van der Waals surface area contributed by atoms with Gasteiger partial charge in [-0.15, -0.1) is 0 Å². The molecule has 2 aliphatic rings. The number of unbranched alkanes of at least 4 members (excludes halogenated alkanes) is 2. The van der Waals surface area contributed by atoms with Gasteiger partial charge in [0, 0.05) is 43.1 Å². The second-order valence-electron chi connectivity index (χ2n) is 14.9. The lowest BCUT2D eigenvalue weighted by Crippen LogP contribution is -2.54. The summed E-state index contributed by atoms with van der Waals surface area (Å²) in [5.74, 6) is -3.85. The van der Waals surface area contributed by atoms with E-state index >= 15 is 0 Å². The Hall–Kier alpha value is -6.11. The van der Waals surface area contributed by atoms with E-state index in [2.05, 4.69) is 21.3 Å². The molecule has 0 unspecified atom stereocenters. The number of hydrogen-bond acceptors (Lipinski definition) is 8. The number of rotatable bonds is 19. The number of fused-ring (bicyclic) bond motifs is 3. The van der Waals surface area contributed by atoms with E-state index in [1.807, 2.05) is 67.6 Å². The maximum atomic E-state index is 13.7.